The van der Waals surface area contributed by atoms with Gasteiger partial charge in [0.25, 0.3) is 5.91 Å². The van der Waals surface area contributed by atoms with E-state index in [0.717, 1.165) is 44.3 Å². The molecule has 1 saturated heterocycles. The molecule has 0 aromatic carbocycles. The van der Waals surface area contributed by atoms with Crippen molar-refractivity contribution in [3.8, 4) is 0 Å². The number of carbonyl (C=O) groups is 1. The predicted octanol–water partition coefficient (Wildman–Crippen LogP) is 1.73. The monoisotopic (exact) mass is 266 g/mol. The number of carbonyl (C=O) groups excluding carboxylic acids is 1. The molecule has 1 atom stereocenters. The van der Waals surface area contributed by atoms with Crippen molar-refractivity contribution in [2.24, 2.45) is 0 Å². The molecule has 0 bridgehead atoms. The number of nitrogens with two attached hydrogens (primary N) is 1. The smallest absolute Gasteiger partial charge is 0.254 e. The van der Waals surface area contributed by atoms with E-state index in [1.54, 1.807) is 11.3 Å². The third-order valence-corrected chi connectivity index (χ3v) is 4.81. The van der Waals surface area contributed by atoms with E-state index in [-0.39, 0.29) is 12.0 Å². The summed E-state index contributed by atoms with van der Waals surface area (Å²) < 4.78 is 5.50. The molecule has 4 nitrogen and oxygen atoms in total. The maximum Gasteiger partial charge on any atom is 0.254 e. The van der Waals surface area contributed by atoms with E-state index in [2.05, 4.69) is 5.32 Å². The lowest BCUT2D eigenvalue weighted by molar-refractivity contribution is 0.0858. The van der Waals surface area contributed by atoms with Crippen LogP contribution in [0.5, 0.6) is 0 Å². The summed E-state index contributed by atoms with van der Waals surface area (Å²) in [5.74, 6) is -0.0256. The van der Waals surface area contributed by atoms with E-state index < -0.39 is 0 Å². The van der Waals surface area contributed by atoms with Crippen LogP contribution in [-0.4, -0.2) is 25.2 Å². The Kier molecular flexibility index (Phi) is 3.26. The van der Waals surface area contributed by atoms with Gasteiger partial charge in [-0.15, -0.1) is 11.3 Å². The number of rotatable bonds is 3. The zero-order valence-electron chi connectivity index (χ0n) is 10.3. The molecule has 0 unspecified atom stereocenters. The molecule has 5 heteroatoms. The molecule has 2 aliphatic rings. The number of anilines is 1. The Morgan fingerprint density at radius 1 is 1.44 bits per heavy atom. The first-order chi connectivity index (χ1) is 8.75. The summed E-state index contributed by atoms with van der Waals surface area (Å²) in [6.45, 7) is 1.42. The number of nitrogen functional groups attached to an aromatic ring is 1. The first kappa shape index (κ1) is 12.0. The van der Waals surface area contributed by atoms with Crippen LogP contribution in [0.25, 0.3) is 0 Å². The van der Waals surface area contributed by atoms with E-state index in [9.17, 15) is 4.79 Å². The minimum absolute atomic E-state index is 0.0256. The summed E-state index contributed by atoms with van der Waals surface area (Å²) in [4.78, 5) is 13.5. The highest BCUT2D eigenvalue weighted by Crippen LogP contribution is 2.37. The molecule has 1 aromatic rings. The van der Waals surface area contributed by atoms with Crippen molar-refractivity contribution in [1.82, 2.24) is 5.32 Å². The first-order valence-corrected chi connectivity index (χ1v) is 7.37. The van der Waals surface area contributed by atoms with Crippen molar-refractivity contribution in [2.45, 2.75) is 38.2 Å². The SMILES string of the molecule is Nc1sc2c(c1C(=O)NC[C@H]1CCCO1)CCC2. The van der Waals surface area contributed by atoms with Crippen molar-refractivity contribution in [3.05, 3.63) is 16.0 Å². The quantitative estimate of drug-likeness (QED) is 0.875. The lowest BCUT2D eigenvalue weighted by Crippen LogP contribution is -2.32. The zero-order chi connectivity index (χ0) is 12.5. The molecule has 3 N–H and O–H groups in total. The van der Waals surface area contributed by atoms with Gasteiger partial charge in [0, 0.05) is 18.0 Å². The summed E-state index contributed by atoms with van der Waals surface area (Å²) in [6, 6.07) is 0. The van der Waals surface area contributed by atoms with Crippen molar-refractivity contribution < 1.29 is 9.53 Å². The molecular formula is C13H18N2O2S. The van der Waals surface area contributed by atoms with Gasteiger partial charge in [-0.1, -0.05) is 0 Å². The van der Waals surface area contributed by atoms with Crippen LogP contribution < -0.4 is 11.1 Å². The average molecular weight is 266 g/mol. The number of nitrogens with one attached hydrogen (secondary N) is 1. The third kappa shape index (κ3) is 2.12. The molecule has 98 valence electrons. The minimum Gasteiger partial charge on any atom is -0.390 e. The molecular weight excluding hydrogens is 248 g/mol. The van der Waals surface area contributed by atoms with Crippen LogP contribution in [0.1, 0.15) is 40.1 Å². The molecule has 1 aliphatic heterocycles. The molecule has 0 spiro atoms. The van der Waals surface area contributed by atoms with E-state index in [0.29, 0.717) is 11.5 Å². The molecule has 18 heavy (non-hydrogen) atoms. The van der Waals surface area contributed by atoms with Crippen molar-refractivity contribution in [3.63, 3.8) is 0 Å². The molecule has 2 heterocycles. The molecule has 1 aliphatic carbocycles. The second-order valence-electron chi connectivity index (χ2n) is 4.94. The minimum atomic E-state index is -0.0256. The van der Waals surface area contributed by atoms with Crippen LogP contribution in [0.2, 0.25) is 0 Å². The van der Waals surface area contributed by atoms with Crippen molar-refractivity contribution in [1.29, 1.82) is 0 Å². The predicted molar refractivity (Wildman–Crippen MR) is 72.1 cm³/mol. The number of fused-ring (bicyclic) bond motifs is 1. The Bertz CT molecular complexity index is 464. The van der Waals surface area contributed by atoms with Gasteiger partial charge in [0.05, 0.1) is 16.7 Å². The highest BCUT2D eigenvalue weighted by atomic mass is 32.1. The average Bonchev–Trinajstić information content (AvgIpc) is 3.01. The fraction of sp³-hybridized carbons (Fsp3) is 0.615. The molecule has 3 rings (SSSR count). The van der Waals surface area contributed by atoms with Crippen LogP contribution in [0.3, 0.4) is 0 Å². The van der Waals surface area contributed by atoms with Crippen LogP contribution in [0.4, 0.5) is 5.00 Å². The molecule has 0 radical (unpaired) electrons. The summed E-state index contributed by atoms with van der Waals surface area (Å²) in [5, 5.41) is 3.63. The van der Waals surface area contributed by atoms with E-state index in [4.69, 9.17) is 10.5 Å². The number of aryl methyl sites for hydroxylation is 1. The normalized spacial score (nSPS) is 22.1. The fourth-order valence-corrected chi connectivity index (χ4v) is 3.93. The zero-order valence-corrected chi connectivity index (χ0v) is 11.1. The number of thiophene rings is 1. The summed E-state index contributed by atoms with van der Waals surface area (Å²) >= 11 is 1.58. The second-order valence-corrected chi connectivity index (χ2v) is 6.08. The third-order valence-electron chi connectivity index (χ3n) is 3.69. The van der Waals surface area contributed by atoms with Crippen molar-refractivity contribution in [2.75, 3.05) is 18.9 Å². The van der Waals surface area contributed by atoms with Gasteiger partial charge < -0.3 is 15.8 Å². The van der Waals surface area contributed by atoms with E-state index >= 15 is 0 Å². The number of amides is 1. The van der Waals surface area contributed by atoms with Gasteiger partial charge >= 0.3 is 0 Å². The lowest BCUT2D eigenvalue weighted by Gasteiger charge is -2.11. The summed E-state index contributed by atoms with van der Waals surface area (Å²) in [7, 11) is 0. The first-order valence-electron chi connectivity index (χ1n) is 6.55. The van der Waals surface area contributed by atoms with E-state index in [1.165, 1.54) is 10.4 Å². The summed E-state index contributed by atoms with van der Waals surface area (Å²) in [6.07, 6.45) is 5.53. The van der Waals surface area contributed by atoms with E-state index in [1.807, 2.05) is 0 Å². The number of hydrogen-bond donors (Lipinski definition) is 2. The van der Waals surface area contributed by atoms with Gasteiger partial charge in [0.2, 0.25) is 0 Å². The Labute approximate surface area is 111 Å². The Morgan fingerprint density at radius 3 is 3.11 bits per heavy atom. The van der Waals surface area contributed by atoms with Crippen LogP contribution in [0.15, 0.2) is 0 Å². The summed E-state index contributed by atoms with van der Waals surface area (Å²) in [5.41, 5.74) is 7.87. The standard InChI is InChI=1S/C13H18N2O2S/c14-12-11(9-4-1-5-10(9)18-12)13(16)15-7-8-3-2-6-17-8/h8H,1-7,14H2,(H,15,16)/t8-/m1/s1. The Balaban J connectivity index is 1.68. The van der Waals surface area contributed by atoms with Crippen LogP contribution in [-0.2, 0) is 17.6 Å². The molecule has 1 aromatic heterocycles. The Morgan fingerprint density at radius 2 is 2.33 bits per heavy atom. The highest BCUT2D eigenvalue weighted by Gasteiger charge is 2.26. The topological polar surface area (TPSA) is 64.4 Å². The molecule has 1 amide bonds. The van der Waals surface area contributed by atoms with Gasteiger partial charge in [-0.05, 0) is 37.7 Å². The fourth-order valence-electron chi connectivity index (χ4n) is 2.77. The highest BCUT2D eigenvalue weighted by molar-refractivity contribution is 7.16. The number of hydrogen-bond acceptors (Lipinski definition) is 4. The maximum atomic E-state index is 12.2. The van der Waals surface area contributed by atoms with Gasteiger partial charge in [0.15, 0.2) is 0 Å². The van der Waals surface area contributed by atoms with Crippen LogP contribution >= 0.6 is 11.3 Å². The Hall–Kier alpha value is -1.07. The maximum absolute atomic E-state index is 12.2. The van der Waals surface area contributed by atoms with Gasteiger partial charge in [-0.2, -0.15) is 0 Å². The van der Waals surface area contributed by atoms with Crippen molar-refractivity contribution >= 4 is 22.2 Å². The molecule has 1 fully saturated rings. The van der Waals surface area contributed by atoms with Crippen LogP contribution in [0, 0.1) is 0 Å². The van der Waals surface area contributed by atoms with Gasteiger partial charge in [-0.25, -0.2) is 0 Å². The van der Waals surface area contributed by atoms with Gasteiger partial charge in [-0.3, -0.25) is 4.79 Å². The lowest BCUT2D eigenvalue weighted by atomic mass is 10.1. The number of ether oxygens (including phenoxy) is 1. The second kappa shape index (κ2) is 4.90. The van der Waals surface area contributed by atoms with Gasteiger partial charge in [0.1, 0.15) is 0 Å². The molecule has 0 saturated carbocycles. The largest absolute Gasteiger partial charge is 0.390 e.